The maximum absolute atomic E-state index is 10.5. The van der Waals surface area contributed by atoms with Crippen LogP contribution in [-0.4, -0.2) is 70.5 Å². The monoisotopic (exact) mass is 252 g/mol. The van der Waals surface area contributed by atoms with Gasteiger partial charge in [-0.1, -0.05) is 0 Å². The first-order chi connectivity index (χ1) is 7.93. The minimum absolute atomic E-state index is 0.134. The molecule has 0 aromatic heterocycles. The van der Waals surface area contributed by atoms with Crippen molar-refractivity contribution in [2.45, 2.75) is 31.3 Å². The van der Waals surface area contributed by atoms with E-state index in [1.54, 1.807) is 6.92 Å². The molecule has 0 radical (unpaired) electrons. The molecule has 0 amide bonds. The molecule has 0 aliphatic heterocycles. The highest BCUT2D eigenvalue weighted by Gasteiger charge is 2.32. The van der Waals surface area contributed by atoms with Gasteiger partial charge in [0, 0.05) is 6.61 Å². The van der Waals surface area contributed by atoms with Gasteiger partial charge in [-0.05, 0) is 6.92 Å². The smallest absolute Gasteiger partial charge is 0.450 e. The van der Waals surface area contributed by atoms with E-state index in [-0.39, 0.29) is 12.9 Å². The summed E-state index contributed by atoms with van der Waals surface area (Å²) in [6.07, 6.45) is -7.71. The van der Waals surface area contributed by atoms with Gasteiger partial charge < -0.3 is 34.7 Å². The van der Waals surface area contributed by atoms with Crippen LogP contribution < -0.4 is 0 Å². The molecule has 0 saturated heterocycles. The molecule has 4 N–H and O–H groups in total. The highest BCUT2D eigenvalue weighted by Crippen LogP contribution is 2.07. The number of carbonyl (C=O) groups excluding carboxylic acids is 1. The maximum Gasteiger partial charge on any atom is 0.505 e. The number of aldehydes is 1. The van der Waals surface area contributed by atoms with Gasteiger partial charge in [-0.25, -0.2) is 4.79 Å². The van der Waals surface area contributed by atoms with E-state index in [4.69, 9.17) is 9.84 Å². The van der Waals surface area contributed by atoms with Gasteiger partial charge in [0.1, 0.15) is 31.0 Å². The maximum atomic E-state index is 10.5. The average molecular weight is 252 g/mol. The highest BCUT2D eigenvalue weighted by atomic mass is 16.7. The Labute approximate surface area is 97.4 Å². The van der Waals surface area contributed by atoms with Crippen LogP contribution in [-0.2, 0) is 14.3 Å². The number of aliphatic hydroxyl groups excluding tert-OH is 3. The highest BCUT2D eigenvalue weighted by molar-refractivity contribution is 5.57. The summed E-state index contributed by atoms with van der Waals surface area (Å²) in [4.78, 5) is 20.6. The van der Waals surface area contributed by atoms with Crippen molar-refractivity contribution in [1.82, 2.24) is 0 Å². The van der Waals surface area contributed by atoms with Crippen molar-refractivity contribution >= 4 is 12.4 Å². The second-order valence-corrected chi connectivity index (χ2v) is 3.18. The topological polar surface area (TPSA) is 134 Å². The third kappa shape index (κ3) is 5.59. The average Bonchev–Trinajstić information content (AvgIpc) is 2.31. The fraction of sp³-hybridized carbons (Fsp3) is 0.778. The molecule has 100 valence electrons. The first-order valence-corrected chi connectivity index (χ1v) is 4.90. The van der Waals surface area contributed by atoms with E-state index in [1.165, 1.54) is 0 Å². The molecule has 0 heterocycles. The van der Waals surface area contributed by atoms with Crippen LogP contribution in [0.4, 0.5) is 4.79 Å². The lowest BCUT2D eigenvalue weighted by molar-refractivity contribution is -0.145. The second-order valence-electron chi connectivity index (χ2n) is 3.18. The fourth-order valence-electron chi connectivity index (χ4n) is 1.09. The molecular formula is C9H16O8. The van der Waals surface area contributed by atoms with Gasteiger partial charge in [0.05, 0.1) is 0 Å². The van der Waals surface area contributed by atoms with Gasteiger partial charge in [0.25, 0.3) is 0 Å². The third-order valence-electron chi connectivity index (χ3n) is 1.95. The molecule has 0 unspecified atom stereocenters. The fourth-order valence-corrected chi connectivity index (χ4v) is 1.09. The number of hydrogen-bond donors (Lipinski definition) is 4. The van der Waals surface area contributed by atoms with Crippen molar-refractivity contribution in [3.63, 3.8) is 0 Å². The van der Waals surface area contributed by atoms with Crippen LogP contribution in [0.3, 0.4) is 0 Å². The number of carboxylic acid groups (broad SMARTS) is 1. The molecule has 0 aliphatic rings. The summed E-state index contributed by atoms with van der Waals surface area (Å²) in [7, 11) is 0. The molecule has 0 fully saturated rings. The zero-order valence-corrected chi connectivity index (χ0v) is 9.22. The summed E-state index contributed by atoms with van der Waals surface area (Å²) in [5.74, 6) is 0. The summed E-state index contributed by atoms with van der Waals surface area (Å²) in [5, 5.41) is 36.3. The van der Waals surface area contributed by atoms with E-state index >= 15 is 0 Å². The van der Waals surface area contributed by atoms with Crippen LogP contribution in [0, 0.1) is 0 Å². The SMILES string of the molecule is CCO[C@@H](C=O)[C@@H](O)[C@H](O)[C@H](O)COC(=O)O. The lowest BCUT2D eigenvalue weighted by Gasteiger charge is -2.25. The molecule has 0 aliphatic carbocycles. The van der Waals surface area contributed by atoms with E-state index in [0.29, 0.717) is 0 Å². The van der Waals surface area contributed by atoms with Crippen LogP contribution in [0.2, 0.25) is 0 Å². The molecular weight excluding hydrogens is 236 g/mol. The molecule has 8 heteroatoms. The van der Waals surface area contributed by atoms with Crippen LogP contribution in [0.1, 0.15) is 6.92 Å². The predicted octanol–water partition coefficient (Wildman–Crippen LogP) is -1.63. The molecule has 0 aromatic rings. The van der Waals surface area contributed by atoms with Crippen molar-refractivity contribution in [2.75, 3.05) is 13.2 Å². The normalized spacial score (nSPS) is 17.9. The zero-order chi connectivity index (χ0) is 13.4. The minimum atomic E-state index is -1.75. The summed E-state index contributed by atoms with van der Waals surface area (Å²) in [6, 6.07) is 0. The summed E-state index contributed by atoms with van der Waals surface area (Å²) >= 11 is 0. The Morgan fingerprint density at radius 1 is 1.29 bits per heavy atom. The molecule has 0 saturated carbocycles. The number of aliphatic hydroxyl groups is 3. The van der Waals surface area contributed by atoms with E-state index in [0.717, 1.165) is 0 Å². The zero-order valence-electron chi connectivity index (χ0n) is 9.22. The van der Waals surface area contributed by atoms with Gasteiger partial charge in [0.2, 0.25) is 0 Å². The Balaban J connectivity index is 4.29. The standard InChI is InChI=1S/C9H16O8/c1-2-16-6(3-10)8(13)7(12)5(11)4-17-9(14)15/h3,5-8,11-13H,2,4H2,1H3,(H,14,15)/t5-,6+,7-,8-/m1/s1. The van der Waals surface area contributed by atoms with Crippen molar-refractivity contribution in [3.8, 4) is 0 Å². The van der Waals surface area contributed by atoms with E-state index in [9.17, 15) is 24.9 Å². The Morgan fingerprint density at radius 3 is 2.29 bits per heavy atom. The van der Waals surface area contributed by atoms with Crippen LogP contribution in [0.25, 0.3) is 0 Å². The summed E-state index contributed by atoms with van der Waals surface area (Å²) in [6.45, 7) is 1.000. The predicted molar refractivity (Wildman–Crippen MR) is 53.5 cm³/mol. The number of carbonyl (C=O) groups is 2. The molecule has 0 rings (SSSR count). The molecule has 17 heavy (non-hydrogen) atoms. The second kappa shape index (κ2) is 7.96. The lowest BCUT2D eigenvalue weighted by atomic mass is 10.0. The van der Waals surface area contributed by atoms with Crippen LogP contribution >= 0.6 is 0 Å². The van der Waals surface area contributed by atoms with Gasteiger partial charge in [-0.3, -0.25) is 0 Å². The molecule has 4 atom stereocenters. The minimum Gasteiger partial charge on any atom is -0.450 e. The molecule has 0 bridgehead atoms. The van der Waals surface area contributed by atoms with Gasteiger partial charge in [0.15, 0.2) is 6.29 Å². The lowest BCUT2D eigenvalue weighted by Crippen LogP contribution is -2.47. The first-order valence-electron chi connectivity index (χ1n) is 4.90. The molecule has 0 aromatic carbocycles. The van der Waals surface area contributed by atoms with Gasteiger partial charge >= 0.3 is 6.16 Å². The largest absolute Gasteiger partial charge is 0.505 e. The third-order valence-corrected chi connectivity index (χ3v) is 1.95. The Morgan fingerprint density at radius 2 is 1.88 bits per heavy atom. The van der Waals surface area contributed by atoms with E-state index in [2.05, 4.69) is 4.74 Å². The molecule has 8 nitrogen and oxygen atoms in total. The van der Waals surface area contributed by atoms with Crippen molar-refractivity contribution in [1.29, 1.82) is 0 Å². The number of rotatable bonds is 8. The van der Waals surface area contributed by atoms with Crippen molar-refractivity contribution in [2.24, 2.45) is 0 Å². The number of hydrogen-bond acceptors (Lipinski definition) is 7. The quantitative estimate of drug-likeness (QED) is 0.299. The van der Waals surface area contributed by atoms with E-state index in [1.807, 2.05) is 0 Å². The Kier molecular flexibility index (Phi) is 7.39. The first kappa shape index (κ1) is 15.8. The summed E-state index contributed by atoms with van der Waals surface area (Å²) < 4.78 is 8.82. The van der Waals surface area contributed by atoms with Crippen LogP contribution in [0.5, 0.6) is 0 Å². The van der Waals surface area contributed by atoms with Gasteiger partial charge in [-0.2, -0.15) is 0 Å². The van der Waals surface area contributed by atoms with Gasteiger partial charge in [-0.15, -0.1) is 0 Å². The van der Waals surface area contributed by atoms with Crippen molar-refractivity contribution in [3.05, 3.63) is 0 Å². The molecule has 0 spiro atoms. The number of ether oxygens (including phenoxy) is 2. The van der Waals surface area contributed by atoms with Crippen molar-refractivity contribution < 1.29 is 39.5 Å². The van der Waals surface area contributed by atoms with E-state index < -0.39 is 37.2 Å². The summed E-state index contributed by atoms with van der Waals surface area (Å²) in [5.41, 5.74) is 0. The Bertz CT molecular complexity index is 243. The van der Waals surface area contributed by atoms with Crippen LogP contribution in [0.15, 0.2) is 0 Å². The Hall–Kier alpha value is -1.22.